The Kier molecular flexibility index (Phi) is 23.2. The summed E-state index contributed by atoms with van der Waals surface area (Å²) >= 11 is 2.80. The maximum atomic E-state index is 11.7. The molecule has 0 saturated heterocycles. The first-order valence-corrected chi connectivity index (χ1v) is 18.6. The van der Waals surface area contributed by atoms with Crippen molar-refractivity contribution in [2.75, 3.05) is 42.8 Å². The molecule has 0 radical (unpaired) electrons. The van der Waals surface area contributed by atoms with Crippen LogP contribution in [0.15, 0.2) is 54.6 Å². The second-order valence-corrected chi connectivity index (χ2v) is 13.3. The van der Waals surface area contributed by atoms with E-state index >= 15 is 0 Å². The number of benzene rings is 3. The van der Waals surface area contributed by atoms with Crippen LogP contribution in [0.1, 0.15) is 42.4 Å². The van der Waals surface area contributed by atoms with Crippen LogP contribution in [0.2, 0.25) is 0 Å². The quantitative estimate of drug-likeness (QED) is 0.0442. The average molecular weight is 783 g/mol. The van der Waals surface area contributed by atoms with Crippen LogP contribution in [0.25, 0.3) is 0 Å². The van der Waals surface area contributed by atoms with E-state index in [0.29, 0.717) is 42.3 Å². The van der Waals surface area contributed by atoms with E-state index in [-0.39, 0.29) is 91.9 Å². The van der Waals surface area contributed by atoms with Crippen molar-refractivity contribution in [2.24, 2.45) is 0 Å². The number of carbonyl (C=O) groups is 4. The average Bonchev–Trinajstić information content (AvgIpc) is 3.10. The summed E-state index contributed by atoms with van der Waals surface area (Å²) < 4.78 is 10.3. The highest BCUT2D eigenvalue weighted by atomic mass is 32.2. The molecule has 0 aliphatic carbocycles. The van der Waals surface area contributed by atoms with Crippen molar-refractivity contribution in [1.29, 1.82) is 0 Å². The number of hydrogen-bond donors (Lipinski definition) is 9. The van der Waals surface area contributed by atoms with Crippen LogP contribution in [0.3, 0.4) is 0 Å². The first kappa shape index (κ1) is 46.0. The lowest BCUT2D eigenvalue weighted by molar-refractivity contribution is -0.143. The molecule has 0 spiro atoms. The van der Waals surface area contributed by atoms with Gasteiger partial charge in [-0.1, -0.05) is 18.2 Å². The van der Waals surface area contributed by atoms with Gasteiger partial charge in [-0.05, 0) is 59.5 Å². The van der Waals surface area contributed by atoms with Crippen molar-refractivity contribution in [2.45, 2.75) is 44.9 Å². The number of aliphatic hydroxyl groups is 1. The Labute approximate surface area is 314 Å². The Morgan fingerprint density at radius 2 is 0.792 bits per heavy atom. The topological polar surface area (TPSA) is 269 Å². The number of phenolic OH excluding ortho intramolecular Hbond substituents is 6. The Morgan fingerprint density at radius 3 is 1.09 bits per heavy atom. The van der Waals surface area contributed by atoms with Crippen molar-refractivity contribution in [3.05, 3.63) is 71.3 Å². The summed E-state index contributed by atoms with van der Waals surface area (Å²) in [5.41, 5.74) is 2.30. The second-order valence-electron chi connectivity index (χ2n) is 10.9. The molecule has 9 N–H and O–H groups in total. The van der Waals surface area contributed by atoms with Gasteiger partial charge in [-0.2, -0.15) is 23.5 Å². The van der Waals surface area contributed by atoms with E-state index in [1.807, 2.05) is 0 Å². The van der Waals surface area contributed by atoms with Crippen molar-refractivity contribution in [3.8, 4) is 34.5 Å². The van der Waals surface area contributed by atoms with Gasteiger partial charge in [-0.25, -0.2) is 0 Å². The van der Waals surface area contributed by atoms with Crippen LogP contribution in [-0.2, 0) is 47.9 Å². The Bertz CT molecular complexity index is 1490. The summed E-state index contributed by atoms with van der Waals surface area (Å²) in [5, 5.41) is 80.2. The molecule has 0 fully saturated rings. The zero-order valence-electron chi connectivity index (χ0n) is 28.9. The number of aliphatic carboxylic acids is 2. The third-order valence-corrected chi connectivity index (χ3v) is 8.62. The fourth-order valence-electron chi connectivity index (χ4n) is 3.85. The number of hydrogen-bond acceptors (Lipinski definition) is 15. The van der Waals surface area contributed by atoms with Crippen LogP contribution in [-0.4, -0.2) is 113 Å². The van der Waals surface area contributed by atoms with Crippen LogP contribution >= 0.6 is 23.5 Å². The van der Waals surface area contributed by atoms with Gasteiger partial charge in [0.25, 0.3) is 0 Å². The Hall–Kier alpha value is -5.00. The summed E-state index contributed by atoms with van der Waals surface area (Å²) in [6, 6.07) is 13.4. The number of phenols is 6. The number of thioether (sulfide) groups is 2. The summed E-state index contributed by atoms with van der Waals surface area (Å²) in [7, 11) is 0. The predicted molar refractivity (Wildman–Crippen MR) is 198 cm³/mol. The molecular formula is C36H46O15S2. The summed E-state index contributed by atoms with van der Waals surface area (Å²) in [6.45, 7) is 0.405. The maximum absolute atomic E-state index is 11.7. The van der Waals surface area contributed by atoms with Gasteiger partial charge in [-0.3, -0.25) is 19.2 Å². The molecule has 0 saturated carbocycles. The number of carbonyl (C=O) groups excluding carboxylic acids is 2. The summed E-state index contributed by atoms with van der Waals surface area (Å²) in [6.07, 6.45) is 2.02. The van der Waals surface area contributed by atoms with E-state index in [9.17, 15) is 39.6 Å². The van der Waals surface area contributed by atoms with Gasteiger partial charge in [0.2, 0.25) is 0 Å². The van der Waals surface area contributed by atoms with Gasteiger partial charge in [0.1, 0.15) is 0 Å². The molecule has 17 heteroatoms. The standard InChI is InChI=1S/C22H26O8S.C8H10O3.C6H10O4S/c23-17-3-1-15(13-19(17)25)5-9-29-21(27)7-11-31-12-8-22(28)30-10-6-16-2-4-18(24)20(26)14-16;9-4-3-6-1-2-7(10)8(11)5-6;7-5(8)1-3-11-4-2-6(9)10/h1-4,13-14,23-26H,5-12H2;1-2,5,9-11H,3-4H2;1-4H2,(H,7,8)(H,9,10). The molecule has 3 aromatic carbocycles. The van der Waals surface area contributed by atoms with Gasteiger partial charge >= 0.3 is 23.9 Å². The van der Waals surface area contributed by atoms with Gasteiger partial charge in [0.15, 0.2) is 34.5 Å². The number of aliphatic hydroxyl groups excluding tert-OH is 1. The molecule has 0 atom stereocenters. The fourth-order valence-corrected chi connectivity index (χ4v) is 5.51. The van der Waals surface area contributed by atoms with Crippen molar-refractivity contribution >= 4 is 47.4 Å². The number of rotatable bonds is 20. The lowest BCUT2D eigenvalue weighted by Crippen LogP contribution is -2.10. The second kappa shape index (κ2) is 26.7. The van der Waals surface area contributed by atoms with E-state index < -0.39 is 11.9 Å². The molecule has 0 unspecified atom stereocenters. The smallest absolute Gasteiger partial charge is 0.306 e. The molecular weight excluding hydrogens is 737 g/mol. The molecule has 292 valence electrons. The highest BCUT2D eigenvalue weighted by molar-refractivity contribution is 7.99. The molecule has 15 nitrogen and oxygen atoms in total. The van der Waals surface area contributed by atoms with Crippen molar-refractivity contribution < 1.29 is 74.6 Å². The number of ether oxygens (including phenoxy) is 2. The van der Waals surface area contributed by atoms with Gasteiger partial charge < -0.3 is 55.4 Å². The van der Waals surface area contributed by atoms with E-state index in [2.05, 4.69) is 0 Å². The number of esters is 2. The molecule has 3 aromatic rings. The highest BCUT2D eigenvalue weighted by Gasteiger charge is 2.08. The zero-order chi connectivity index (χ0) is 39.6. The van der Waals surface area contributed by atoms with Crippen LogP contribution in [0.5, 0.6) is 34.5 Å². The first-order chi connectivity index (χ1) is 25.2. The van der Waals surface area contributed by atoms with Crippen LogP contribution < -0.4 is 0 Å². The Morgan fingerprint density at radius 1 is 0.472 bits per heavy atom. The Balaban J connectivity index is 0.000000518. The van der Waals surface area contributed by atoms with Crippen molar-refractivity contribution in [1.82, 2.24) is 0 Å². The monoisotopic (exact) mass is 782 g/mol. The highest BCUT2D eigenvalue weighted by Crippen LogP contribution is 2.26. The van der Waals surface area contributed by atoms with E-state index in [0.717, 1.165) is 16.7 Å². The third-order valence-electron chi connectivity index (χ3n) is 6.65. The minimum Gasteiger partial charge on any atom is -0.504 e. The lowest BCUT2D eigenvalue weighted by Gasteiger charge is -2.07. The van der Waals surface area contributed by atoms with Crippen molar-refractivity contribution in [3.63, 3.8) is 0 Å². The minimum absolute atomic E-state index is 0.0458. The molecule has 0 aliphatic heterocycles. The van der Waals surface area contributed by atoms with Crippen LogP contribution in [0, 0.1) is 0 Å². The lowest BCUT2D eigenvalue weighted by atomic mass is 10.1. The molecule has 0 heterocycles. The molecule has 3 rings (SSSR count). The number of carboxylic acids is 2. The molecule has 0 aliphatic rings. The minimum atomic E-state index is -0.840. The molecule has 0 bridgehead atoms. The van der Waals surface area contributed by atoms with E-state index in [4.69, 9.17) is 35.0 Å². The molecule has 0 aromatic heterocycles. The number of aromatic hydroxyl groups is 6. The SMILES string of the molecule is O=C(CCSCCC(=O)OCCc1ccc(O)c(O)c1)OCCc1ccc(O)c(O)c1.O=C(O)CCSCCC(=O)O.OCCc1ccc(O)c(O)c1. The third kappa shape index (κ3) is 22.5. The molecule has 53 heavy (non-hydrogen) atoms. The molecule has 0 amide bonds. The largest absolute Gasteiger partial charge is 0.504 e. The van der Waals surface area contributed by atoms with Gasteiger partial charge in [0.05, 0.1) is 38.9 Å². The van der Waals surface area contributed by atoms with Crippen LogP contribution in [0.4, 0.5) is 0 Å². The normalized spacial score (nSPS) is 10.2. The summed E-state index contributed by atoms with van der Waals surface area (Å²) in [4.78, 5) is 43.4. The van der Waals surface area contributed by atoms with E-state index in [1.165, 1.54) is 59.9 Å². The first-order valence-electron chi connectivity index (χ1n) is 16.3. The zero-order valence-corrected chi connectivity index (χ0v) is 30.5. The van der Waals surface area contributed by atoms with E-state index in [1.54, 1.807) is 18.2 Å². The van der Waals surface area contributed by atoms with Gasteiger partial charge in [0, 0.05) is 42.5 Å². The summed E-state index contributed by atoms with van der Waals surface area (Å²) in [5.74, 6) is -1.41. The van der Waals surface area contributed by atoms with Gasteiger partial charge in [-0.15, -0.1) is 0 Å². The maximum Gasteiger partial charge on any atom is 0.306 e. The number of carboxylic acid groups (broad SMARTS) is 2. The fraction of sp³-hybridized carbons (Fsp3) is 0.389. The predicted octanol–water partition coefficient (Wildman–Crippen LogP) is 4.20.